The van der Waals surface area contributed by atoms with Crippen molar-refractivity contribution in [2.45, 2.75) is 71.1 Å². The van der Waals surface area contributed by atoms with Gasteiger partial charge in [-0.15, -0.1) is 0 Å². The topological polar surface area (TPSA) is 84.9 Å². The standard InChI is InChI=1S/C21H38N2O5S2/c1-4-5-6-7-8-9-10-11-14-22-18(24)17-30-21(29)23(15-12-19(25)27-2)16-13-20(26)28-3/h4-17H2,1-3H3,(H,22,24). The summed E-state index contributed by atoms with van der Waals surface area (Å²) in [6, 6.07) is 0. The quantitative estimate of drug-likeness (QED) is 0.199. The number of rotatable bonds is 17. The van der Waals surface area contributed by atoms with Gasteiger partial charge in [0.25, 0.3) is 0 Å². The van der Waals surface area contributed by atoms with Gasteiger partial charge in [0.05, 0.1) is 32.8 Å². The molecule has 30 heavy (non-hydrogen) atoms. The van der Waals surface area contributed by atoms with E-state index in [-0.39, 0.29) is 36.4 Å². The predicted molar refractivity (Wildman–Crippen MR) is 126 cm³/mol. The van der Waals surface area contributed by atoms with Crippen LogP contribution in [0.3, 0.4) is 0 Å². The van der Waals surface area contributed by atoms with Crippen LogP contribution < -0.4 is 5.32 Å². The average Bonchev–Trinajstić information content (AvgIpc) is 2.75. The Morgan fingerprint density at radius 3 is 1.87 bits per heavy atom. The molecule has 0 aliphatic rings. The lowest BCUT2D eigenvalue weighted by Crippen LogP contribution is -2.34. The smallest absolute Gasteiger partial charge is 0.307 e. The van der Waals surface area contributed by atoms with Crippen LogP contribution in [0.25, 0.3) is 0 Å². The maximum absolute atomic E-state index is 12.0. The highest BCUT2D eigenvalue weighted by atomic mass is 32.2. The Balaban J connectivity index is 4.08. The number of hydrogen-bond donors (Lipinski definition) is 1. The van der Waals surface area contributed by atoms with Crippen LogP contribution in [0.15, 0.2) is 0 Å². The highest BCUT2D eigenvalue weighted by Gasteiger charge is 2.16. The van der Waals surface area contributed by atoms with E-state index in [0.29, 0.717) is 24.0 Å². The molecule has 9 heteroatoms. The van der Waals surface area contributed by atoms with Crippen molar-refractivity contribution >= 4 is 46.1 Å². The molecule has 0 aromatic heterocycles. The summed E-state index contributed by atoms with van der Waals surface area (Å²) in [7, 11) is 2.65. The minimum Gasteiger partial charge on any atom is -0.469 e. The van der Waals surface area contributed by atoms with E-state index in [0.717, 1.165) is 12.8 Å². The number of unbranched alkanes of at least 4 members (excludes halogenated alkanes) is 7. The first kappa shape index (κ1) is 28.6. The van der Waals surface area contributed by atoms with E-state index >= 15 is 0 Å². The minimum atomic E-state index is -0.353. The van der Waals surface area contributed by atoms with E-state index in [1.807, 2.05) is 0 Å². The van der Waals surface area contributed by atoms with Gasteiger partial charge in [-0.25, -0.2) is 0 Å². The molecule has 0 spiro atoms. The molecule has 7 nitrogen and oxygen atoms in total. The first-order valence-electron chi connectivity index (χ1n) is 10.8. The summed E-state index contributed by atoms with van der Waals surface area (Å²) < 4.78 is 9.78. The lowest BCUT2D eigenvalue weighted by molar-refractivity contribution is -0.140. The molecule has 1 amide bonds. The minimum absolute atomic E-state index is 0.0637. The Kier molecular flexibility index (Phi) is 18.7. The Labute approximate surface area is 191 Å². The first-order chi connectivity index (χ1) is 14.4. The summed E-state index contributed by atoms with van der Waals surface area (Å²) in [6.07, 6.45) is 10.1. The van der Waals surface area contributed by atoms with E-state index < -0.39 is 0 Å². The lowest BCUT2D eigenvalue weighted by Gasteiger charge is -2.23. The summed E-state index contributed by atoms with van der Waals surface area (Å²) >= 11 is 6.62. The Bertz CT molecular complexity index is 498. The third-order valence-electron chi connectivity index (χ3n) is 4.56. The SMILES string of the molecule is CCCCCCCCCCNC(=O)CSC(=S)N(CCC(=O)OC)CCC(=O)OC. The zero-order valence-corrected chi connectivity index (χ0v) is 20.3. The van der Waals surface area contributed by atoms with Gasteiger partial charge in [0.1, 0.15) is 4.32 Å². The molecular formula is C21H38N2O5S2. The van der Waals surface area contributed by atoms with Crippen LogP contribution in [0.5, 0.6) is 0 Å². The van der Waals surface area contributed by atoms with E-state index in [2.05, 4.69) is 21.7 Å². The molecule has 174 valence electrons. The van der Waals surface area contributed by atoms with Crippen molar-refractivity contribution < 1.29 is 23.9 Å². The number of thiocarbonyl (C=S) groups is 1. The second-order valence-electron chi connectivity index (χ2n) is 7.02. The van der Waals surface area contributed by atoms with Crippen LogP contribution in [-0.2, 0) is 23.9 Å². The van der Waals surface area contributed by atoms with Gasteiger partial charge in [-0.3, -0.25) is 14.4 Å². The fraction of sp³-hybridized carbons (Fsp3) is 0.810. The van der Waals surface area contributed by atoms with Gasteiger partial charge in [0.2, 0.25) is 5.91 Å². The van der Waals surface area contributed by atoms with Crippen molar-refractivity contribution in [3.05, 3.63) is 0 Å². The van der Waals surface area contributed by atoms with Crippen molar-refractivity contribution in [1.82, 2.24) is 10.2 Å². The second kappa shape index (κ2) is 19.6. The van der Waals surface area contributed by atoms with Crippen LogP contribution >= 0.6 is 24.0 Å². The normalized spacial score (nSPS) is 10.4. The van der Waals surface area contributed by atoms with Crippen LogP contribution in [0.1, 0.15) is 71.1 Å². The van der Waals surface area contributed by atoms with E-state index in [9.17, 15) is 14.4 Å². The molecule has 0 fully saturated rings. The second-order valence-corrected chi connectivity index (χ2v) is 8.63. The monoisotopic (exact) mass is 462 g/mol. The van der Waals surface area contributed by atoms with Gasteiger partial charge < -0.3 is 19.7 Å². The number of carbonyl (C=O) groups excluding carboxylic acids is 3. The number of nitrogens with zero attached hydrogens (tertiary/aromatic N) is 1. The first-order valence-corrected chi connectivity index (χ1v) is 12.2. The number of ether oxygens (including phenoxy) is 2. The fourth-order valence-corrected chi connectivity index (χ4v) is 3.79. The zero-order chi connectivity index (χ0) is 22.6. The maximum Gasteiger partial charge on any atom is 0.307 e. The van der Waals surface area contributed by atoms with Gasteiger partial charge in [-0.05, 0) is 6.42 Å². The summed E-state index contributed by atoms with van der Waals surface area (Å²) in [4.78, 5) is 36.6. The molecule has 0 rings (SSSR count). The van der Waals surface area contributed by atoms with E-state index in [4.69, 9.17) is 12.2 Å². The van der Waals surface area contributed by atoms with Crippen molar-refractivity contribution in [2.75, 3.05) is 39.6 Å². The number of methoxy groups -OCH3 is 2. The summed E-state index contributed by atoms with van der Waals surface area (Å²) in [6.45, 7) is 3.55. The van der Waals surface area contributed by atoms with E-state index in [1.54, 1.807) is 4.90 Å². The van der Waals surface area contributed by atoms with Crippen LogP contribution in [0.4, 0.5) is 0 Å². The molecule has 0 atom stereocenters. The van der Waals surface area contributed by atoms with Gasteiger partial charge in [0, 0.05) is 19.6 Å². The van der Waals surface area contributed by atoms with Gasteiger partial charge >= 0.3 is 11.9 Å². The molecule has 0 aromatic carbocycles. The van der Waals surface area contributed by atoms with E-state index in [1.165, 1.54) is 64.5 Å². The Hall–Kier alpha value is -1.35. The van der Waals surface area contributed by atoms with Crippen LogP contribution in [-0.4, -0.2) is 66.7 Å². The number of hydrogen-bond acceptors (Lipinski definition) is 7. The molecule has 0 saturated carbocycles. The molecule has 0 heterocycles. The van der Waals surface area contributed by atoms with Crippen molar-refractivity contribution in [3.8, 4) is 0 Å². The largest absolute Gasteiger partial charge is 0.469 e. The lowest BCUT2D eigenvalue weighted by atomic mass is 10.1. The zero-order valence-electron chi connectivity index (χ0n) is 18.7. The molecule has 0 unspecified atom stereocenters. The van der Waals surface area contributed by atoms with Gasteiger partial charge in [-0.1, -0.05) is 75.8 Å². The number of thioether (sulfide) groups is 1. The molecular weight excluding hydrogens is 424 g/mol. The molecule has 1 N–H and O–H groups in total. The fourth-order valence-electron chi connectivity index (χ4n) is 2.71. The third-order valence-corrected chi connectivity index (χ3v) is 6.09. The highest BCUT2D eigenvalue weighted by molar-refractivity contribution is 8.23. The molecule has 0 aliphatic carbocycles. The molecule has 0 saturated heterocycles. The summed E-state index contributed by atoms with van der Waals surface area (Å²) in [5.41, 5.74) is 0. The van der Waals surface area contributed by atoms with Crippen molar-refractivity contribution in [3.63, 3.8) is 0 Å². The summed E-state index contributed by atoms with van der Waals surface area (Å²) in [5, 5.41) is 2.92. The third kappa shape index (κ3) is 16.4. The van der Waals surface area contributed by atoms with Crippen molar-refractivity contribution in [2.24, 2.45) is 0 Å². The van der Waals surface area contributed by atoms with Gasteiger partial charge in [0.15, 0.2) is 0 Å². The van der Waals surface area contributed by atoms with Crippen molar-refractivity contribution in [1.29, 1.82) is 0 Å². The molecule has 0 radical (unpaired) electrons. The number of carbonyl (C=O) groups is 3. The number of esters is 2. The molecule has 0 aliphatic heterocycles. The number of nitrogens with one attached hydrogen (secondary N) is 1. The predicted octanol–water partition coefficient (Wildman–Crippen LogP) is 3.69. The number of amides is 1. The van der Waals surface area contributed by atoms with Crippen LogP contribution in [0.2, 0.25) is 0 Å². The van der Waals surface area contributed by atoms with Crippen LogP contribution in [0, 0.1) is 0 Å². The Morgan fingerprint density at radius 1 is 0.867 bits per heavy atom. The average molecular weight is 463 g/mol. The molecule has 0 aromatic rings. The van der Waals surface area contributed by atoms with Gasteiger partial charge in [-0.2, -0.15) is 0 Å². The molecule has 0 bridgehead atoms. The highest BCUT2D eigenvalue weighted by Crippen LogP contribution is 2.12. The maximum atomic E-state index is 12.0. The Morgan fingerprint density at radius 2 is 1.37 bits per heavy atom. The summed E-state index contributed by atoms with van der Waals surface area (Å²) in [5.74, 6) is -0.558.